The number of aliphatic hydroxyl groups excluding tert-OH is 8. The first-order valence-corrected chi connectivity index (χ1v) is 8.82. The van der Waals surface area contributed by atoms with Crippen LogP contribution in [-0.2, 0) is 23.7 Å². The molecule has 0 bridgehead atoms. The Balaban J connectivity index is 1.59. The lowest BCUT2D eigenvalue weighted by Gasteiger charge is -2.26. The van der Waals surface area contributed by atoms with Crippen LogP contribution in [0.15, 0.2) is 0 Å². The molecular formula is C15H26O13. The molecule has 0 radical (unpaired) electrons. The van der Waals surface area contributed by atoms with E-state index in [1.165, 1.54) is 0 Å². The number of hydrogen-bond donors (Lipinski definition) is 8. The maximum Gasteiger partial charge on any atom is 0.187 e. The van der Waals surface area contributed by atoms with Crippen LogP contribution in [0.4, 0.5) is 0 Å². The van der Waals surface area contributed by atoms with Crippen LogP contribution >= 0.6 is 0 Å². The lowest BCUT2D eigenvalue weighted by molar-refractivity contribution is -0.227. The van der Waals surface area contributed by atoms with Gasteiger partial charge in [-0.05, 0) is 0 Å². The zero-order valence-corrected chi connectivity index (χ0v) is 14.7. The van der Waals surface area contributed by atoms with Crippen molar-refractivity contribution >= 4 is 0 Å². The monoisotopic (exact) mass is 414 g/mol. The SMILES string of the molecule is OCC1OC(OCC2OC(O)C(O)C2OC2OC(CO)C(O)C2O)C(O)C1O. The molecule has 8 N–H and O–H groups in total. The van der Waals surface area contributed by atoms with E-state index in [9.17, 15) is 30.6 Å². The van der Waals surface area contributed by atoms with Gasteiger partial charge in [0.1, 0.15) is 54.9 Å². The van der Waals surface area contributed by atoms with Gasteiger partial charge in [-0.15, -0.1) is 0 Å². The van der Waals surface area contributed by atoms with Crippen molar-refractivity contribution in [1.29, 1.82) is 0 Å². The van der Waals surface area contributed by atoms with Crippen LogP contribution in [-0.4, -0.2) is 134 Å². The summed E-state index contributed by atoms with van der Waals surface area (Å²) in [5.41, 5.74) is 0. The average Bonchev–Trinajstić information content (AvgIpc) is 3.23. The lowest BCUT2D eigenvalue weighted by atomic mass is 10.1. The maximum atomic E-state index is 10.1. The topological polar surface area (TPSA) is 208 Å². The highest BCUT2D eigenvalue weighted by Crippen LogP contribution is 2.30. The molecule has 3 aliphatic rings. The van der Waals surface area contributed by atoms with Gasteiger partial charge in [-0.25, -0.2) is 0 Å². The third kappa shape index (κ3) is 4.17. The molecule has 0 saturated carbocycles. The Labute approximate surface area is 159 Å². The first kappa shape index (κ1) is 22.2. The molecule has 0 aromatic carbocycles. The summed E-state index contributed by atoms with van der Waals surface area (Å²) in [5, 5.41) is 77.3. The third-order valence-electron chi connectivity index (χ3n) is 5.02. The Morgan fingerprint density at radius 2 is 1.14 bits per heavy atom. The van der Waals surface area contributed by atoms with Gasteiger partial charge in [-0.1, -0.05) is 0 Å². The van der Waals surface area contributed by atoms with Gasteiger partial charge in [-0.2, -0.15) is 0 Å². The first-order chi connectivity index (χ1) is 13.3. The van der Waals surface area contributed by atoms with E-state index in [4.69, 9.17) is 33.9 Å². The summed E-state index contributed by atoms with van der Waals surface area (Å²) in [4.78, 5) is 0. The highest BCUT2D eigenvalue weighted by Gasteiger charge is 2.51. The van der Waals surface area contributed by atoms with Crippen molar-refractivity contribution in [3.8, 4) is 0 Å². The van der Waals surface area contributed by atoms with Gasteiger partial charge in [0.15, 0.2) is 18.9 Å². The molecule has 28 heavy (non-hydrogen) atoms. The van der Waals surface area contributed by atoms with Crippen LogP contribution in [0.3, 0.4) is 0 Å². The minimum atomic E-state index is -1.64. The van der Waals surface area contributed by atoms with E-state index in [1.54, 1.807) is 0 Å². The number of aliphatic hydroxyl groups is 8. The second-order valence-corrected chi connectivity index (χ2v) is 6.90. The Morgan fingerprint density at radius 1 is 0.607 bits per heavy atom. The molecule has 3 aliphatic heterocycles. The maximum absolute atomic E-state index is 10.1. The minimum Gasteiger partial charge on any atom is -0.394 e. The van der Waals surface area contributed by atoms with Gasteiger partial charge in [-0.3, -0.25) is 0 Å². The summed E-state index contributed by atoms with van der Waals surface area (Å²) in [6.45, 7) is -1.46. The Kier molecular flexibility index (Phi) is 7.20. The molecule has 0 spiro atoms. The third-order valence-corrected chi connectivity index (χ3v) is 5.02. The fourth-order valence-corrected chi connectivity index (χ4v) is 3.35. The van der Waals surface area contributed by atoms with Crippen molar-refractivity contribution in [1.82, 2.24) is 0 Å². The van der Waals surface area contributed by atoms with Gasteiger partial charge < -0.3 is 64.5 Å². The second kappa shape index (κ2) is 9.09. The molecule has 3 fully saturated rings. The fourth-order valence-electron chi connectivity index (χ4n) is 3.35. The first-order valence-electron chi connectivity index (χ1n) is 8.82. The number of hydrogen-bond acceptors (Lipinski definition) is 13. The molecule has 13 heteroatoms. The standard InChI is InChI=1S/C15H26O13/c16-1-4-7(18)9(20)14(26-4)24-3-6-12(11(22)13(23)25-6)28-15-10(21)8(19)5(2-17)27-15/h4-23H,1-3H2. The molecule has 0 aromatic rings. The smallest absolute Gasteiger partial charge is 0.187 e. The van der Waals surface area contributed by atoms with Crippen LogP contribution < -0.4 is 0 Å². The van der Waals surface area contributed by atoms with Crippen molar-refractivity contribution in [2.24, 2.45) is 0 Å². The van der Waals surface area contributed by atoms with Crippen LogP contribution in [0, 0.1) is 0 Å². The lowest BCUT2D eigenvalue weighted by Crippen LogP contribution is -2.44. The molecular weight excluding hydrogens is 388 g/mol. The molecule has 0 aromatic heterocycles. The second-order valence-electron chi connectivity index (χ2n) is 6.90. The molecule has 3 saturated heterocycles. The van der Waals surface area contributed by atoms with E-state index < -0.39 is 87.0 Å². The van der Waals surface area contributed by atoms with Crippen molar-refractivity contribution in [2.75, 3.05) is 19.8 Å². The van der Waals surface area contributed by atoms with Crippen molar-refractivity contribution in [3.63, 3.8) is 0 Å². The Morgan fingerprint density at radius 3 is 1.68 bits per heavy atom. The van der Waals surface area contributed by atoms with E-state index in [1.807, 2.05) is 0 Å². The largest absolute Gasteiger partial charge is 0.394 e. The Hall–Kier alpha value is -0.520. The zero-order valence-electron chi connectivity index (χ0n) is 14.7. The van der Waals surface area contributed by atoms with Crippen LogP contribution in [0.25, 0.3) is 0 Å². The van der Waals surface area contributed by atoms with Crippen LogP contribution in [0.1, 0.15) is 0 Å². The molecule has 164 valence electrons. The van der Waals surface area contributed by atoms with E-state index >= 15 is 0 Å². The highest BCUT2D eigenvalue weighted by atomic mass is 16.7. The van der Waals surface area contributed by atoms with Gasteiger partial charge in [0.05, 0.1) is 19.8 Å². The molecule has 0 aliphatic carbocycles. The molecule has 12 unspecified atom stereocenters. The van der Waals surface area contributed by atoms with E-state index in [0.717, 1.165) is 0 Å². The van der Waals surface area contributed by atoms with Crippen LogP contribution in [0.5, 0.6) is 0 Å². The van der Waals surface area contributed by atoms with Gasteiger partial charge in [0, 0.05) is 0 Å². The quantitative estimate of drug-likeness (QED) is 0.196. The summed E-state index contributed by atoms with van der Waals surface area (Å²) in [6.07, 6.45) is -16.1. The van der Waals surface area contributed by atoms with Crippen LogP contribution in [0.2, 0.25) is 0 Å². The van der Waals surface area contributed by atoms with Crippen molar-refractivity contribution < 1.29 is 64.5 Å². The predicted octanol–water partition coefficient (Wildman–Crippen LogP) is -5.66. The number of rotatable bonds is 7. The molecule has 3 rings (SSSR count). The summed E-state index contributed by atoms with van der Waals surface area (Å²) < 4.78 is 26.2. The van der Waals surface area contributed by atoms with E-state index in [2.05, 4.69) is 0 Å². The molecule has 13 nitrogen and oxygen atoms in total. The van der Waals surface area contributed by atoms with E-state index in [-0.39, 0.29) is 6.61 Å². The minimum absolute atomic E-state index is 0.361. The highest BCUT2D eigenvalue weighted by molar-refractivity contribution is 4.92. The normalized spacial score (nSPS) is 51.9. The van der Waals surface area contributed by atoms with Crippen molar-refractivity contribution in [3.05, 3.63) is 0 Å². The summed E-state index contributed by atoms with van der Waals surface area (Å²) >= 11 is 0. The fraction of sp³-hybridized carbons (Fsp3) is 1.00. The summed E-state index contributed by atoms with van der Waals surface area (Å²) in [6, 6.07) is 0. The van der Waals surface area contributed by atoms with Crippen molar-refractivity contribution in [2.45, 2.75) is 73.8 Å². The molecule has 0 amide bonds. The Bertz CT molecular complexity index is 508. The zero-order chi connectivity index (χ0) is 20.6. The molecule has 3 heterocycles. The van der Waals surface area contributed by atoms with Gasteiger partial charge in [0.25, 0.3) is 0 Å². The predicted molar refractivity (Wildman–Crippen MR) is 83.2 cm³/mol. The molecule has 12 atom stereocenters. The summed E-state index contributed by atoms with van der Waals surface area (Å²) in [7, 11) is 0. The summed E-state index contributed by atoms with van der Waals surface area (Å²) in [5.74, 6) is 0. The van der Waals surface area contributed by atoms with Gasteiger partial charge in [0.2, 0.25) is 0 Å². The number of ether oxygens (including phenoxy) is 5. The average molecular weight is 414 g/mol. The van der Waals surface area contributed by atoms with E-state index in [0.29, 0.717) is 0 Å². The van der Waals surface area contributed by atoms with Gasteiger partial charge >= 0.3 is 0 Å².